The van der Waals surface area contributed by atoms with Crippen LogP contribution in [0, 0.1) is 11.6 Å². The first-order valence-corrected chi connectivity index (χ1v) is 8.60. The molecule has 0 aromatic heterocycles. The highest BCUT2D eigenvalue weighted by molar-refractivity contribution is 14.1. The Kier molecular flexibility index (Phi) is 6.97. The zero-order valence-corrected chi connectivity index (χ0v) is 15.1. The third-order valence-electron chi connectivity index (χ3n) is 4.03. The molecule has 25 heavy (non-hydrogen) atoms. The molecule has 0 aliphatic carbocycles. The SMILES string of the molecule is O=C1[C@H](NI)CC[C@@H](c2cccc(F)c2F)CN1CCOC(F)(F)F. The Hall–Kier alpha value is -1.01. The third-order valence-corrected chi connectivity index (χ3v) is 4.79. The lowest BCUT2D eigenvalue weighted by Gasteiger charge is -2.26. The number of nitrogens with zero attached hydrogens (tertiary/aromatic N) is 1. The van der Waals surface area contributed by atoms with E-state index in [1.807, 2.05) is 0 Å². The number of ether oxygens (including phenoxy) is 1. The van der Waals surface area contributed by atoms with Crippen molar-refractivity contribution in [3.05, 3.63) is 35.4 Å². The number of likely N-dealkylation sites (tertiary alicyclic amines) is 1. The second-order valence-corrected chi connectivity index (χ2v) is 6.28. The van der Waals surface area contributed by atoms with E-state index in [-0.39, 0.29) is 24.6 Å². The summed E-state index contributed by atoms with van der Waals surface area (Å²) in [5.74, 6) is -2.89. The highest BCUT2D eigenvalue weighted by Gasteiger charge is 2.34. The summed E-state index contributed by atoms with van der Waals surface area (Å²) in [7, 11) is 0. The number of carbonyl (C=O) groups is 1. The third kappa shape index (κ3) is 5.48. The Morgan fingerprint density at radius 2 is 2.00 bits per heavy atom. The number of nitrogens with one attached hydrogen (secondary N) is 1. The second kappa shape index (κ2) is 8.58. The van der Waals surface area contributed by atoms with Crippen molar-refractivity contribution in [1.29, 1.82) is 0 Å². The maximum Gasteiger partial charge on any atom is 0.522 e. The standard InChI is InChI=1S/C15H16F5IN2O2/c16-11-3-1-2-10(13(11)17)9-4-5-12(22-21)14(24)23(8-9)6-7-25-15(18,19)20/h1-3,9,12,22H,4-8H2/t9-,12-/m1/s1. The molecular formula is C15H16F5IN2O2. The van der Waals surface area contributed by atoms with Gasteiger partial charge >= 0.3 is 6.36 Å². The van der Waals surface area contributed by atoms with Gasteiger partial charge in [0.25, 0.3) is 0 Å². The van der Waals surface area contributed by atoms with Crippen molar-refractivity contribution in [3.8, 4) is 0 Å². The molecule has 1 saturated heterocycles. The Labute approximate surface area is 155 Å². The van der Waals surface area contributed by atoms with Crippen LogP contribution in [-0.2, 0) is 9.53 Å². The average molecular weight is 478 g/mol. The summed E-state index contributed by atoms with van der Waals surface area (Å²) in [6.07, 6.45) is -4.04. The average Bonchev–Trinajstić information content (AvgIpc) is 2.69. The summed E-state index contributed by atoms with van der Waals surface area (Å²) < 4.78 is 70.4. The molecule has 1 aromatic rings. The zero-order chi connectivity index (χ0) is 18.6. The van der Waals surface area contributed by atoms with Crippen molar-refractivity contribution in [2.24, 2.45) is 0 Å². The maximum absolute atomic E-state index is 14.1. The Morgan fingerprint density at radius 1 is 1.28 bits per heavy atom. The molecule has 0 spiro atoms. The number of carbonyl (C=O) groups excluding carboxylic acids is 1. The monoisotopic (exact) mass is 478 g/mol. The highest BCUT2D eigenvalue weighted by Crippen LogP contribution is 2.30. The molecule has 0 radical (unpaired) electrons. The lowest BCUT2D eigenvalue weighted by molar-refractivity contribution is -0.324. The minimum atomic E-state index is -4.79. The Morgan fingerprint density at radius 3 is 2.64 bits per heavy atom. The predicted molar refractivity (Wildman–Crippen MR) is 87.9 cm³/mol. The number of alkyl halides is 3. The smallest absolute Gasteiger partial charge is 0.338 e. The van der Waals surface area contributed by atoms with Crippen LogP contribution in [0.15, 0.2) is 18.2 Å². The van der Waals surface area contributed by atoms with Crippen molar-refractivity contribution in [2.75, 3.05) is 19.7 Å². The molecular weight excluding hydrogens is 462 g/mol. The number of hydrogen-bond acceptors (Lipinski definition) is 3. The van der Waals surface area contributed by atoms with Crippen molar-refractivity contribution in [1.82, 2.24) is 8.43 Å². The van der Waals surface area contributed by atoms with Gasteiger partial charge in [-0.2, -0.15) is 0 Å². The van der Waals surface area contributed by atoms with Gasteiger partial charge in [-0.05, 0) is 24.5 Å². The van der Waals surface area contributed by atoms with Gasteiger partial charge in [-0.3, -0.25) is 9.53 Å². The molecule has 0 saturated carbocycles. The molecule has 140 valence electrons. The molecule has 4 nitrogen and oxygen atoms in total. The summed E-state index contributed by atoms with van der Waals surface area (Å²) in [5, 5.41) is 0. The fraction of sp³-hybridized carbons (Fsp3) is 0.533. The predicted octanol–water partition coefficient (Wildman–Crippen LogP) is 3.52. The van der Waals surface area contributed by atoms with Gasteiger partial charge in [0.05, 0.1) is 12.6 Å². The molecule has 1 aromatic carbocycles. The van der Waals surface area contributed by atoms with Gasteiger partial charge in [0, 0.05) is 41.9 Å². The van der Waals surface area contributed by atoms with Crippen LogP contribution in [0.1, 0.15) is 24.3 Å². The van der Waals surface area contributed by atoms with Crippen molar-refractivity contribution < 1.29 is 31.5 Å². The number of rotatable bonds is 5. The quantitative estimate of drug-likeness (QED) is 0.400. The van der Waals surface area contributed by atoms with Gasteiger partial charge in [-0.25, -0.2) is 12.3 Å². The summed E-state index contributed by atoms with van der Waals surface area (Å²) >= 11 is 1.79. The topological polar surface area (TPSA) is 41.6 Å². The molecule has 2 atom stereocenters. The normalized spacial score (nSPS) is 22.2. The number of hydrogen-bond donors (Lipinski definition) is 1. The summed E-state index contributed by atoms with van der Waals surface area (Å²) in [5.41, 5.74) is 0.114. The van der Waals surface area contributed by atoms with Crippen LogP contribution in [0.4, 0.5) is 22.0 Å². The van der Waals surface area contributed by atoms with Gasteiger partial charge in [-0.1, -0.05) is 12.1 Å². The first-order valence-electron chi connectivity index (χ1n) is 7.52. The van der Waals surface area contributed by atoms with Crippen molar-refractivity contribution in [2.45, 2.75) is 31.2 Å². The highest BCUT2D eigenvalue weighted by atomic mass is 127. The molecule has 0 bridgehead atoms. The van der Waals surface area contributed by atoms with Crippen LogP contribution in [0.5, 0.6) is 0 Å². The first kappa shape index (κ1) is 20.3. The van der Waals surface area contributed by atoms with Crippen molar-refractivity contribution in [3.63, 3.8) is 0 Å². The van der Waals surface area contributed by atoms with Crippen LogP contribution in [0.3, 0.4) is 0 Å². The van der Waals surface area contributed by atoms with Gasteiger partial charge in [0.2, 0.25) is 5.91 Å². The maximum atomic E-state index is 14.1. The molecule has 0 unspecified atom stereocenters. The molecule has 1 aliphatic heterocycles. The molecule has 1 heterocycles. The van der Waals surface area contributed by atoms with E-state index >= 15 is 0 Å². The minimum Gasteiger partial charge on any atom is -0.338 e. The summed E-state index contributed by atoms with van der Waals surface area (Å²) in [6, 6.07) is 3.18. The lowest BCUT2D eigenvalue weighted by Crippen LogP contribution is -2.44. The van der Waals surface area contributed by atoms with E-state index in [9.17, 15) is 26.7 Å². The minimum absolute atomic E-state index is 0.00472. The van der Waals surface area contributed by atoms with Crippen LogP contribution < -0.4 is 3.53 Å². The van der Waals surface area contributed by atoms with Gasteiger partial charge in [-0.15, -0.1) is 13.2 Å². The van der Waals surface area contributed by atoms with Gasteiger partial charge in [0.15, 0.2) is 11.6 Å². The van der Waals surface area contributed by atoms with E-state index in [1.54, 1.807) is 22.9 Å². The van der Waals surface area contributed by atoms with Crippen molar-refractivity contribution >= 4 is 28.8 Å². The van der Waals surface area contributed by atoms with E-state index in [0.717, 1.165) is 6.07 Å². The van der Waals surface area contributed by atoms with E-state index in [1.165, 1.54) is 17.0 Å². The Bertz CT molecular complexity index is 614. The van der Waals surface area contributed by atoms with Gasteiger partial charge < -0.3 is 4.90 Å². The molecule has 2 rings (SSSR count). The zero-order valence-electron chi connectivity index (χ0n) is 13.0. The first-order chi connectivity index (χ1) is 11.7. The largest absolute Gasteiger partial charge is 0.522 e. The lowest BCUT2D eigenvalue weighted by atomic mass is 9.93. The molecule has 1 aliphatic rings. The van der Waals surface area contributed by atoms with E-state index in [2.05, 4.69) is 8.27 Å². The Balaban J connectivity index is 2.17. The van der Waals surface area contributed by atoms with Gasteiger partial charge in [0.1, 0.15) is 0 Å². The molecule has 1 amide bonds. The summed E-state index contributed by atoms with van der Waals surface area (Å²) in [4.78, 5) is 13.6. The van der Waals surface area contributed by atoms with Crippen LogP contribution >= 0.6 is 22.9 Å². The number of benzene rings is 1. The van der Waals surface area contributed by atoms with E-state index < -0.39 is 36.6 Å². The van der Waals surface area contributed by atoms with Crippen LogP contribution in [0.2, 0.25) is 0 Å². The van der Waals surface area contributed by atoms with E-state index in [0.29, 0.717) is 12.8 Å². The van der Waals surface area contributed by atoms with Crippen LogP contribution in [-0.4, -0.2) is 42.9 Å². The van der Waals surface area contributed by atoms with E-state index in [4.69, 9.17) is 0 Å². The number of halogens is 6. The second-order valence-electron chi connectivity index (χ2n) is 5.66. The fourth-order valence-corrected chi connectivity index (χ4v) is 3.40. The molecule has 1 fully saturated rings. The summed E-state index contributed by atoms with van der Waals surface area (Å²) in [6.45, 7) is -1.02. The number of amides is 1. The molecule has 10 heteroatoms. The fourth-order valence-electron chi connectivity index (χ4n) is 2.82. The van der Waals surface area contributed by atoms with Crippen LogP contribution in [0.25, 0.3) is 0 Å². The molecule has 1 N–H and O–H groups in total.